The molecule has 0 fully saturated rings. The highest BCUT2D eigenvalue weighted by molar-refractivity contribution is 5.79. The van der Waals surface area contributed by atoms with Gasteiger partial charge in [-0.3, -0.25) is 10.1 Å². The van der Waals surface area contributed by atoms with Crippen molar-refractivity contribution in [3.8, 4) is 5.75 Å². The number of rotatable bonds is 8. The number of esters is 1. The van der Waals surface area contributed by atoms with Gasteiger partial charge in [-0.15, -0.1) is 0 Å². The lowest BCUT2D eigenvalue weighted by Gasteiger charge is -2.16. The standard InChI is InChI=1S/C13H18N2O6/c1-3-4-21-11-6-9(5-10(7-11)15(18)19)14-12(8-16)13(17)20-2/h5-7,12,14,16H,3-4,8H2,1-2H3. The molecule has 8 heteroatoms. The number of non-ortho nitro benzene ring substituents is 1. The number of aliphatic hydroxyl groups is 1. The molecule has 0 aliphatic carbocycles. The molecule has 0 saturated carbocycles. The molecule has 1 rings (SSSR count). The zero-order chi connectivity index (χ0) is 15.8. The highest BCUT2D eigenvalue weighted by Crippen LogP contribution is 2.26. The average molecular weight is 298 g/mol. The Kier molecular flexibility index (Phi) is 6.41. The summed E-state index contributed by atoms with van der Waals surface area (Å²) >= 11 is 0. The van der Waals surface area contributed by atoms with Crippen molar-refractivity contribution in [3.05, 3.63) is 28.3 Å². The molecule has 1 aromatic rings. The van der Waals surface area contributed by atoms with Crippen molar-refractivity contribution < 1.29 is 24.3 Å². The van der Waals surface area contributed by atoms with E-state index >= 15 is 0 Å². The van der Waals surface area contributed by atoms with Crippen molar-refractivity contribution in [1.82, 2.24) is 0 Å². The van der Waals surface area contributed by atoms with Crippen LogP contribution in [0.5, 0.6) is 5.75 Å². The first kappa shape index (κ1) is 16.7. The van der Waals surface area contributed by atoms with Gasteiger partial charge in [0.05, 0.1) is 31.3 Å². The van der Waals surface area contributed by atoms with E-state index in [0.717, 1.165) is 6.42 Å². The van der Waals surface area contributed by atoms with Gasteiger partial charge in [0.2, 0.25) is 0 Å². The number of nitrogens with zero attached hydrogens (tertiary/aromatic N) is 1. The van der Waals surface area contributed by atoms with Gasteiger partial charge >= 0.3 is 5.97 Å². The maximum atomic E-state index is 11.4. The molecular weight excluding hydrogens is 280 g/mol. The highest BCUT2D eigenvalue weighted by atomic mass is 16.6. The molecule has 116 valence electrons. The fourth-order valence-electron chi connectivity index (χ4n) is 1.60. The van der Waals surface area contributed by atoms with Crippen LogP contribution in [0.4, 0.5) is 11.4 Å². The Labute approximate surface area is 121 Å². The minimum absolute atomic E-state index is 0.173. The number of nitro benzene ring substituents is 1. The number of methoxy groups -OCH3 is 1. The summed E-state index contributed by atoms with van der Waals surface area (Å²) in [5.74, 6) is -0.352. The van der Waals surface area contributed by atoms with Crippen LogP contribution in [0.25, 0.3) is 0 Å². The van der Waals surface area contributed by atoms with Crippen LogP contribution < -0.4 is 10.1 Å². The van der Waals surface area contributed by atoms with Gasteiger partial charge in [0.15, 0.2) is 0 Å². The predicted octanol–water partition coefficient (Wildman–Crippen LogP) is 1.33. The fraction of sp³-hybridized carbons (Fsp3) is 0.462. The maximum Gasteiger partial charge on any atom is 0.330 e. The van der Waals surface area contributed by atoms with Gasteiger partial charge < -0.3 is 19.9 Å². The highest BCUT2D eigenvalue weighted by Gasteiger charge is 2.19. The van der Waals surface area contributed by atoms with E-state index in [0.29, 0.717) is 18.0 Å². The molecule has 2 N–H and O–H groups in total. The van der Waals surface area contributed by atoms with E-state index in [1.54, 1.807) is 0 Å². The Morgan fingerprint density at radius 1 is 1.48 bits per heavy atom. The first-order chi connectivity index (χ1) is 10.0. The van der Waals surface area contributed by atoms with Crippen molar-refractivity contribution in [2.24, 2.45) is 0 Å². The molecule has 0 amide bonds. The monoisotopic (exact) mass is 298 g/mol. The van der Waals surface area contributed by atoms with Gasteiger partial charge in [0, 0.05) is 17.8 Å². The van der Waals surface area contributed by atoms with Crippen LogP contribution in [0, 0.1) is 10.1 Å². The SMILES string of the molecule is CCCOc1cc(NC(CO)C(=O)OC)cc([N+](=O)[O-])c1. The molecule has 1 unspecified atom stereocenters. The molecular formula is C13H18N2O6. The lowest BCUT2D eigenvalue weighted by molar-refractivity contribution is -0.384. The van der Waals surface area contributed by atoms with Gasteiger partial charge in [-0.2, -0.15) is 0 Å². The number of hydrogen-bond donors (Lipinski definition) is 2. The van der Waals surface area contributed by atoms with Crippen molar-refractivity contribution >= 4 is 17.3 Å². The van der Waals surface area contributed by atoms with Gasteiger partial charge in [-0.25, -0.2) is 4.79 Å². The Bertz CT molecular complexity index is 505. The maximum absolute atomic E-state index is 11.4. The summed E-state index contributed by atoms with van der Waals surface area (Å²) < 4.78 is 9.89. The van der Waals surface area contributed by atoms with Crippen LogP contribution in [-0.2, 0) is 9.53 Å². The normalized spacial score (nSPS) is 11.6. The van der Waals surface area contributed by atoms with Gasteiger partial charge in [0.25, 0.3) is 5.69 Å². The first-order valence-corrected chi connectivity index (χ1v) is 6.39. The summed E-state index contributed by atoms with van der Waals surface area (Å²) in [4.78, 5) is 21.8. The number of carbonyl (C=O) groups is 1. The lowest BCUT2D eigenvalue weighted by atomic mass is 10.2. The number of nitrogens with one attached hydrogen (secondary N) is 1. The first-order valence-electron chi connectivity index (χ1n) is 6.39. The molecule has 0 bridgehead atoms. The Hall–Kier alpha value is -2.35. The summed E-state index contributed by atoms with van der Waals surface area (Å²) in [7, 11) is 1.19. The van der Waals surface area contributed by atoms with E-state index in [9.17, 15) is 14.9 Å². The van der Waals surface area contributed by atoms with Crippen LogP contribution in [0.3, 0.4) is 0 Å². The average Bonchev–Trinajstić information content (AvgIpc) is 2.49. The molecule has 8 nitrogen and oxygen atoms in total. The van der Waals surface area contributed by atoms with E-state index < -0.39 is 23.5 Å². The van der Waals surface area contributed by atoms with Crippen molar-refractivity contribution in [1.29, 1.82) is 0 Å². The van der Waals surface area contributed by atoms with E-state index in [-0.39, 0.29) is 5.69 Å². The molecule has 0 saturated heterocycles. The molecule has 0 aliphatic rings. The van der Waals surface area contributed by atoms with Crippen LogP contribution in [0.1, 0.15) is 13.3 Å². The predicted molar refractivity (Wildman–Crippen MR) is 75.4 cm³/mol. The van der Waals surface area contributed by atoms with Crippen LogP contribution in [-0.4, -0.2) is 42.4 Å². The zero-order valence-corrected chi connectivity index (χ0v) is 11.9. The second kappa shape index (κ2) is 8.05. The van der Waals surface area contributed by atoms with Crippen molar-refractivity contribution in [3.63, 3.8) is 0 Å². The van der Waals surface area contributed by atoms with Crippen LogP contribution in [0.15, 0.2) is 18.2 Å². The van der Waals surface area contributed by atoms with Crippen molar-refractivity contribution in [2.45, 2.75) is 19.4 Å². The third kappa shape index (κ3) is 4.92. The largest absolute Gasteiger partial charge is 0.493 e. The molecule has 0 spiro atoms. The van der Waals surface area contributed by atoms with Gasteiger partial charge in [0.1, 0.15) is 11.8 Å². The molecule has 0 heterocycles. The minimum Gasteiger partial charge on any atom is -0.493 e. The molecule has 1 atom stereocenters. The summed E-state index contributed by atoms with van der Waals surface area (Å²) in [6, 6.07) is 3.07. The number of hydrogen-bond acceptors (Lipinski definition) is 7. The second-order valence-corrected chi connectivity index (χ2v) is 4.22. The number of ether oxygens (including phenoxy) is 2. The topological polar surface area (TPSA) is 111 Å². The summed E-state index contributed by atoms with van der Waals surface area (Å²) in [6.07, 6.45) is 0.757. The van der Waals surface area contributed by atoms with E-state index in [2.05, 4.69) is 10.1 Å². The number of anilines is 1. The van der Waals surface area contributed by atoms with E-state index in [1.807, 2.05) is 6.92 Å². The third-order valence-electron chi connectivity index (χ3n) is 2.58. The van der Waals surface area contributed by atoms with Crippen molar-refractivity contribution in [2.75, 3.05) is 25.6 Å². The van der Waals surface area contributed by atoms with Crippen LogP contribution >= 0.6 is 0 Å². The molecule has 1 aromatic carbocycles. The summed E-state index contributed by atoms with van der Waals surface area (Å²) in [5, 5.41) is 22.7. The fourth-order valence-corrected chi connectivity index (χ4v) is 1.60. The van der Waals surface area contributed by atoms with E-state index in [1.165, 1.54) is 25.3 Å². The number of nitro groups is 1. The zero-order valence-electron chi connectivity index (χ0n) is 11.9. The Morgan fingerprint density at radius 2 is 2.19 bits per heavy atom. The van der Waals surface area contributed by atoms with Crippen LogP contribution in [0.2, 0.25) is 0 Å². The van der Waals surface area contributed by atoms with Gasteiger partial charge in [-0.1, -0.05) is 6.92 Å². The summed E-state index contributed by atoms with van der Waals surface area (Å²) in [5.41, 5.74) is 0.118. The quantitative estimate of drug-likeness (QED) is 0.423. The Balaban J connectivity index is 3.01. The van der Waals surface area contributed by atoms with E-state index in [4.69, 9.17) is 9.84 Å². The number of aliphatic hydroxyl groups excluding tert-OH is 1. The molecule has 0 radical (unpaired) electrons. The molecule has 0 aromatic heterocycles. The number of carbonyl (C=O) groups excluding carboxylic acids is 1. The molecule has 21 heavy (non-hydrogen) atoms. The summed E-state index contributed by atoms with van der Waals surface area (Å²) in [6.45, 7) is 1.83. The minimum atomic E-state index is -1.00. The number of benzene rings is 1. The smallest absolute Gasteiger partial charge is 0.330 e. The lowest BCUT2D eigenvalue weighted by Crippen LogP contribution is -2.34. The Morgan fingerprint density at radius 3 is 2.71 bits per heavy atom. The third-order valence-corrected chi connectivity index (χ3v) is 2.58. The second-order valence-electron chi connectivity index (χ2n) is 4.22. The van der Waals surface area contributed by atoms with Gasteiger partial charge in [-0.05, 0) is 6.42 Å². The molecule has 0 aliphatic heterocycles.